The molecule has 0 aromatic heterocycles. The summed E-state index contributed by atoms with van der Waals surface area (Å²) in [5.74, 6) is 0.830. The van der Waals surface area contributed by atoms with Gasteiger partial charge in [-0.05, 0) is 37.1 Å². The normalized spacial score (nSPS) is 13.5. The third-order valence-corrected chi connectivity index (χ3v) is 4.55. The average Bonchev–Trinajstić information content (AvgIpc) is 2.60. The van der Waals surface area contributed by atoms with Crippen LogP contribution in [-0.4, -0.2) is 26.0 Å². The predicted octanol–water partition coefficient (Wildman–Crippen LogP) is 3.69. The minimum absolute atomic E-state index is 0.0254. The van der Waals surface area contributed by atoms with Gasteiger partial charge in [-0.15, -0.1) is 0 Å². The first-order valence-corrected chi connectivity index (χ1v) is 8.55. The molecule has 1 saturated carbocycles. The Morgan fingerprint density at radius 1 is 0.962 bits per heavy atom. The summed E-state index contributed by atoms with van der Waals surface area (Å²) in [5, 5.41) is 5.70. The molecule has 0 radical (unpaired) electrons. The van der Waals surface area contributed by atoms with E-state index in [1.807, 2.05) is 0 Å². The molecule has 6 heteroatoms. The molecular formula is C20H22N2O4. The van der Waals surface area contributed by atoms with Gasteiger partial charge in [-0.25, -0.2) is 0 Å². The SMILES string of the molecule is COc1ccc(NC(=O)c2ccccc2NC(=O)C2CCC2)cc1OC. The van der Waals surface area contributed by atoms with Crippen molar-refractivity contribution >= 4 is 23.2 Å². The molecule has 0 bridgehead atoms. The van der Waals surface area contributed by atoms with E-state index < -0.39 is 0 Å². The van der Waals surface area contributed by atoms with E-state index in [-0.39, 0.29) is 17.7 Å². The van der Waals surface area contributed by atoms with Crippen LogP contribution >= 0.6 is 0 Å². The minimum atomic E-state index is -0.304. The number of carbonyl (C=O) groups excluding carboxylic acids is 2. The van der Waals surface area contributed by atoms with Crippen molar-refractivity contribution in [2.75, 3.05) is 24.9 Å². The third kappa shape index (κ3) is 3.79. The molecule has 3 rings (SSSR count). The maximum atomic E-state index is 12.7. The summed E-state index contributed by atoms with van der Waals surface area (Å²) < 4.78 is 10.4. The Labute approximate surface area is 152 Å². The molecule has 1 aliphatic carbocycles. The topological polar surface area (TPSA) is 76.7 Å². The van der Waals surface area contributed by atoms with Crippen LogP contribution in [-0.2, 0) is 4.79 Å². The van der Waals surface area contributed by atoms with Crippen LogP contribution in [0.1, 0.15) is 29.6 Å². The van der Waals surface area contributed by atoms with Gasteiger partial charge < -0.3 is 20.1 Å². The first-order valence-electron chi connectivity index (χ1n) is 8.55. The Kier molecular flexibility index (Phi) is 5.41. The van der Waals surface area contributed by atoms with Crippen molar-refractivity contribution in [3.63, 3.8) is 0 Å². The highest BCUT2D eigenvalue weighted by Crippen LogP contribution is 2.31. The van der Waals surface area contributed by atoms with E-state index in [1.54, 1.807) is 49.6 Å². The number of nitrogens with one attached hydrogen (secondary N) is 2. The Hall–Kier alpha value is -3.02. The van der Waals surface area contributed by atoms with Gasteiger partial charge in [0.15, 0.2) is 11.5 Å². The van der Waals surface area contributed by atoms with Gasteiger partial charge in [-0.2, -0.15) is 0 Å². The highest BCUT2D eigenvalue weighted by atomic mass is 16.5. The first-order chi connectivity index (χ1) is 12.6. The van der Waals surface area contributed by atoms with Gasteiger partial charge in [-0.1, -0.05) is 18.6 Å². The number of rotatable bonds is 6. The van der Waals surface area contributed by atoms with E-state index in [1.165, 1.54) is 7.11 Å². The Balaban J connectivity index is 1.76. The molecule has 0 atom stereocenters. The molecule has 0 spiro atoms. The zero-order chi connectivity index (χ0) is 18.5. The zero-order valence-corrected chi connectivity index (χ0v) is 14.9. The van der Waals surface area contributed by atoms with Crippen LogP contribution in [0.3, 0.4) is 0 Å². The molecule has 0 aliphatic heterocycles. The van der Waals surface area contributed by atoms with Crippen molar-refractivity contribution < 1.29 is 19.1 Å². The number of ether oxygens (including phenoxy) is 2. The number of methoxy groups -OCH3 is 2. The van der Waals surface area contributed by atoms with Gasteiger partial charge in [0.2, 0.25) is 5.91 Å². The summed E-state index contributed by atoms with van der Waals surface area (Å²) in [4.78, 5) is 24.9. The number of hydrogen-bond acceptors (Lipinski definition) is 4. The lowest BCUT2D eigenvalue weighted by molar-refractivity contribution is -0.122. The standard InChI is InChI=1S/C20H22N2O4/c1-25-17-11-10-14(12-18(17)26-2)21-20(24)15-8-3-4-9-16(15)22-19(23)13-6-5-7-13/h3-4,8-13H,5-7H2,1-2H3,(H,21,24)(H,22,23). The summed E-state index contributed by atoms with van der Waals surface area (Å²) in [6, 6.07) is 12.1. The quantitative estimate of drug-likeness (QED) is 0.829. The van der Waals surface area contributed by atoms with Crippen molar-refractivity contribution in [2.24, 2.45) is 5.92 Å². The van der Waals surface area contributed by atoms with E-state index >= 15 is 0 Å². The maximum Gasteiger partial charge on any atom is 0.257 e. The lowest BCUT2D eigenvalue weighted by Gasteiger charge is -2.24. The smallest absolute Gasteiger partial charge is 0.257 e. The molecular weight excluding hydrogens is 332 g/mol. The molecule has 1 aliphatic rings. The highest BCUT2D eigenvalue weighted by molar-refractivity contribution is 6.10. The van der Waals surface area contributed by atoms with Gasteiger partial charge in [-0.3, -0.25) is 9.59 Å². The Bertz CT molecular complexity index is 815. The summed E-state index contributed by atoms with van der Waals surface area (Å²) in [6.07, 6.45) is 2.90. The molecule has 0 saturated heterocycles. The van der Waals surface area contributed by atoms with E-state index in [2.05, 4.69) is 10.6 Å². The average molecular weight is 354 g/mol. The summed E-state index contributed by atoms with van der Waals surface area (Å²) >= 11 is 0. The van der Waals surface area contributed by atoms with Crippen molar-refractivity contribution in [3.05, 3.63) is 48.0 Å². The van der Waals surface area contributed by atoms with Gasteiger partial charge in [0.1, 0.15) is 0 Å². The summed E-state index contributed by atoms with van der Waals surface area (Å²) in [7, 11) is 3.09. The van der Waals surface area contributed by atoms with Gasteiger partial charge in [0, 0.05) is 17.7 Å². The highest BCUT2D eigenvalue weighted by Gasteiger charge is 2.26. The van der Waals surface area contributed by atoms with Crippen LogP contribution in [0.15, 0.2) is 42.5 Å². The third-order valence-electron chi connectivity index (χ3n) is 4.55. The molecule has 2 N–H and O–H groups in total. The fourth-order valence-corrected chi connectivity index (χ4v) is 2.81. The molecule has 1 fully saturated rings. The van der Waals surface area contributed by atoms with Gasteiger partial charge in [0.05, 0.1) is 25.5 Å². The van der Waals surface area contributed by atoms with Crippen LogP contribution in [0.4, 0.5) is 11.4 Å². The van der Waals surface area contributed by atoms with Crippen molar-refractivity contribution in [1.29, 1.82) is 0 Å². The van der Waals surface area contributed by atoms with E-state index in [0.29, 0.717) is 28.4 Å². The van der Waals surface area contributed by atoms with Crippen LogP contribution < -0.4 is 20.1 Å². The maximum absolute atomic E-state index is 12.7. The Morgan fingerprint density at radius 3 is 2.35 bits per heavy atom. The van der Waals surface area contributed by atoms with Gasteiger partial charge >= 0.3 is 0 Å². The number of amides is 2. The monoisotopic (exact) mass is 354 g/mol. The van der Waals surface area contributed by atoms with Crippen molar-refractivity contribution in [2.45, 2.75) is 19.3 Å². The number of para-hydroxylation sites is 1. The minimum Gasteiger partial charge on any atom is -0.493 e. The molecule has 2 aromatic carbocycles. The van der Waals surface area contributed by atoms with Crippen LogP contribution in [0.2, 0.25) is 0 Å². The van der Waals surface area contributed by atoms with Crippen LogP contribution in [0, 0.1) is 5.92 Å². The number of hydrogen-bond donors (Lipinski definition) is 2. The molecule has 26 heavy (non-hydrogen) atoms. The molecule has 2 amide bonds. The van der Waals surface area contributed by atoms with Gasteiger partial charge in [0.25, 0.3) is 5.91 Å². The molecule has 136 valence electrons. The molecule has 0 unspecified atom stereocenters. The summed E-state index contributed by atoms with van der Waals surface area (Å²) in [6.45, 7) is 0. The lowest BCUT2D eigenvalue weighted by Crippen LogP contribution is -2.29. The second-order valence-corrected chi connectivity index (χ2v) is 6.19. The van der Waals surface area contributed by atoms with Crippen molar-refractivity contribution in [3.8, 4) is 11.5 Å². The second-order valence-electron chi connectivity index (χ2n) is 6.19. The first kappa shape index (κ1) is 17.8. The van der Waals surface area contributed by atoms with E-state index in [4.69, 9.17) is 9.47 Å². The van der Waals surface area contributed by atoms with E-state index in [0.717, 1.165) is 19.3 Å². The lowest BCUT2D eigenvalue weighted by atomic mass is 9.85. The molecule has 6 nitrogen and oxygen atoms in total. The second kappa shape index (κ2) is 7.91. The predicted molar refractivity (Wildman–Crippen MR) is 99.9 cm³/mol. The number of carbonyl (C=O) groups is 2. The van der Waals surface area contributed by atoms with E-state index in [9.17, 15) is 9.59 Å². The molecule has 2 aromatic rings. The summed E-state index contributed by atoms with van der Waals surface area (Å²) in [5.41, 5.74) is 1.50. The van der Waals surface area contributed by atoms with Crippen LogP contribution in [0.25, 0.3) is 0 Å². The number of benzene rings is 2. The zero-order valence-electron chi connectivity index (χ0n) is 14.9. The van der Waals surface area contributed by atoms with Crippen molar-refractivity contribution in [1.82, 2.24) is 0 Å². The molecule has 0 heterocycles. The Morgan fingerprint density at radius 2 is 1.69 bits per heavy atom. The number of anilines is 2. The van der Waals surface area contributed by atoms with Crippen LogP contribution in [0.5, 0.6) is 11.5 Å². The fraction of sp³-hybridized carbons (Fsp3) is 0.300. The fourth-order valence-electron chi connectivity index (χ4n) is 2.81. The largest absolute Gasteiger partial charge is 0.493 e.